The Morgan fingerprint density at radius 1 is 1.21 bits per heavy atom. The first-order valence-corrected chi connectivity index (χ1v) is 7.46. The van der Waals surface area contributed by atoms with Crippen LogP contribution in [0.3, 0.4) is 0 Å². The van der Waals surface area contributed by atoms with Crippen molar-refractivity contribution in [2.75, 3.05) is 0 Å². The number of benzene rings is 1. The molecule has 0 heteroatoms. The quantitative estimate of drug-likeness (QED) is 0.589. The second kappa shape index (κ2) is 5.77. The predicted molar refractivity (Wildman–Crippen MR) is 84.5 cm³/mol. The number of hydrogen-bond acceptors (Lipinski definition) is 0. The molecule has 0 saturated heterocycles. The van der Waals surface area contributed by atoms with E-state index < -0.39 is 0 Å². The van der Waals surface area contributed by atoms with Crippen molar-refractivity contribution in [3.05, 3.63) is 59.2 Å². The molecule has 0 unspecified atom stereocenters. The summed E-state index contributed by atoms with van der Waals surface area (Å²) in [5, 5.41) is 0. The smallest absolute Gasteiger partial charge is 0.0159 e. The molecule has 0 spiro atoms. The molecule has 1 saturated carbocycles. The van der Waals surface area contributed by atoms with Crippen LogP contribution in [0.2, 0.25) is 0 Å². The van der Waals surface area contributed by atoms with Gasteiger partial charge in [0.15, 0.2) is 0 Å². The van der Waals surface area contributed by atoms with E-state index in [1.54, 1.807) is 0 Å². The molecule has 1 fully saturated rings. The lowest BCUT2D eigenvalue weighted by Crippen LogP contribution is -2.36. The molecular weight excluding hydrogens is 228 g/mol. The van der Waals surface area contributed by atoms with E-state index in [1.807, 2.05) is 0 Å². The summed E-state index contributed by atoms with van der Waals surface area (Å²) in [6.45, 7) is 10.9. The number of rotatable bonds is 5. The van der Waals surface area contributed by atoms with Crippen LogP contribution < -0.4 is 0 Å². The van der Waals surface area contributed by atoms with Gasteiger partial charge in [-0.05, 0) is 52.0 Å². The zero-order valence-electron chi connectivity index (χ0n) is 12.6. The van der Waals surface area contributed by atoms with Gasteiger partial charge in [-0.15, -0.1) is 0 Å². The summed E-state index contributed by atoms with van der Waals surface area (Å²) in [5.74, 6) is 0. The van der Waals surface area contributed by atoms with E-state index in [9.17, 15) is 0 Å². The largest absolute Gasteiger partial charge is 0.0989 e. The van der Waals surface area contributed by atoms with Gasteiger partial charge < -0.3 is 0 Å². The Bertz CT molecular complexity index is 469. The SMILES string of the molecule is C=C(CC/C(C)=C/C)C1(c2ccc(C)cc2)CCC1. The fourth-order valence-electron chi connectivity index (χ4n) is 2.98. The van der Waals surface area contributed by atoms with Gasteiger partial charge in [-0.3, -0.25) is 0 Å². The van der Waals surface area contributed by atoms with Crippen molar-refractivity contribution >= 4 is 0 Å². The van der Waals surface area contributed by atoms with Gasteiger partial charge in [0.05, 0.1) is 0 Å². The molecule has 0 amide bonds. The van der Waals surface area contributed by atoms with E-state index in [4.69, 9.17) is 0 Å². The fraction of sp³-hybridized carbons (Fsp3) is 0.474. The molecule has 0 N–H and O–H groups in total. The van der Waals surface area contributed by atoms with E-state index in [0.29, 0.717) is 0 Å². The normalized spacial score (nSPS) is 17.9. The zero-order valence-corrected chi connectivity index (χ0v) is 12.6. The first kappa shape index (κ1) is 14.1. The van der Waals surface area contributed by atoms with Gasteiger partial charge in [-0.2, -0.15) is 0 Å². The summed E-state index contributed by atoms with van der Waals surface area (Å²) >= 11 is 0. The Morgan fingerprint density at radius 2 is 1.84 bits per heavy atom. The molecule has 0 atom stereocenters. The zero-order chi connectivity index (χ0) is 13.9. The van der Waals surface area contributed by atoms with Crippen molar-refractivity contribution in [3.8, 4) is 0 Å². The molecule has 19 heavy (non-hydrogen) atoms. The van der Waals surface area contributed by atoms with Gasteiger partial charge in [-0.1, -0.05) is 60.1 Å². The predicted octanol–water partition coefficient (Wildman–Crippen LogP) is 5.72. The lowest BCUT2D eigenvalue weighted by molar-refractivity contribution is 0.288. The van der Waals surface area contributed by atoms with Crippen molar-refractivity contribution in [1.82, 2.24) is 0 Å². The van der Waals surface area contributed by atoms with Crippen molar-refractivity contribution in [1.29, 1.82) is 0 Å². The second-order valence-corrected chi connectivity index (χ2v) is 6.04. The first-order chi connectivity index (χ1) is 9.08. The molecule has 102 valence electrons. The minimum absolute atomic E-state index is 0.279. The number of hydrogen-bond donors (Lipinski definition) is 0. The van der Waals surface area contributed by atoms with Crippen LogP contribution in [0, 0.1) is 6.92 Å². The van der Waals surface area contributed by atoms with Crippen molar-refractivity contribution in [2.45, 2.75) is 58.3 Å². The minimum atomic E-state index is 0.279. The molecule has 0 aliphatic heterocycles. The van der Waals surface area contributed by atoms with E-state index >= 15 is 0 Å². The number of aryl methyl sites for hydroxylation is 1. The van der Waals surface area contributed by atoms with Crippen LogP contribution in [0.15, 0.2) is 48.1 Å². The molecule has 0 bridgehead atoms. The number of allylic oxidation sites excluding steroid dienone is 3. The van der Waals surface area contributed by atoms with E-state index in [-0.39, 0.29) is 5.41 Å². The maximum Gasteiger partial charge on any atom is 0.0159 e. The van der Waals surface area contributed by atoms with Crippen molar-refractivity contribution in [3.63, 3.8) is 0 Å². The Labute approximate surface area is 118 Å². The second-order valence-electron chi connectivity index (χ2n) is 6.04. The fourth-order valence-corrected chi connectivity index (χ4v) is 2.98. The Hall–Kier alpha value is -1.30. The molecule has 1 aliphatic carbocycles. The van der Waals surface area contributed by atoms with Gasteiger partial charge in [0.25, 0.3) is 0 Å². The van der Waals surface area contributed by atoms with Gasteiger partial charge in [0.2, 0.25) is 0 Å². The Balaban J connectivity index is 2.14. The third-order valence-corrected chi connectivity index (χ3v) is 4.80. The van der Waals surface area contributed by atoms with Crippen molar-refractivity contribution < 1.29 is 0 Å². The highest BCUT2D eigenvalue weighted by Crippen LogP contribution is 2.50. The van der Waals surface area contributed by atoms with Crippen LogP contribution in [0.5, 0.6) is 0 Å². The maximum absolute atomic E-state index is 4.43. The topological polar surface area (TPSA) is 0 Å². The summed E-state index contributed by atoms with van der Waals surface area (Å²) in [6, 6.07) is 9.09. The van der Waals surface area contributed by atoms with Crippen LogP contribution in [0.1, 0.15) is 57.1 Å². The average Bonchev–Trinajstić information content (AvgIpc) is 2.36. The third-order valence-electron chi connectivity index (χ3n) is 4.80. The van der Waals surface area contributed by atoms with Gasteiger partial charge in [0, 0.05) is 5.41 Å². The van der Waals surface area contributed by atoms with Crippen molar-refractivity contribution in [2.24, 2.45) is 0 Å². The lowest BCUT2D eigenvalue weighted by Gasteiger charge is -2.44. The molecule has 0 aromatic heterocycles. The Kier molecular flexibility index (Phi) is 4.29. The molecule has 0 heterocycles. The molecule has 1 aromatic carbocycles. The Morgan fingerprint density at radius 3 is 2.32 bits per heavy atom. The van der Waals surface area contributed by atoms with E-state index in [2.05, 4.69) is 57.7 Å². The monoisotopic (exact) mass is 254 g/mol. The lowest BCUT2D eigenvalue weighted by atomic mass is 9.59. The summed E-state index contributed by atoms with van der Waals surface area (Å²) in [6.07, 6.45) is 8.41. The summed E-state index contributed by atoms with van der Waals surface area (Å²) in [7, 11) is 0. The summed E-state index contributed by atoms with van der Waals surface area (Å²) in [5.41, 5.74) is 6.01. The minimum Gasteiger partial charge on any atom is -0.0989 e. The summed E-state index contributed by atoms with van der Waals surface area (Å²) in [4.78, 5) is 0. The third kappa shape index (κ3) is 2.83. The summed E-state index contributed by atoms with van der Waals surface area (Å²) < 4.78 is 0. The molecule has 2 rings (SSSR count). The standard InChI is InChI=1S/C19H26/c1-5-15(2)7-10-17(4)19(13-6-14-19)18-11-8-16(3)9-12-18/h5,8-9,11-12H,4,6-7,10,13-14H2,1-3H3/b15-5+. The molecular formula is C19H26. The molecule has 1 aliphatic rings. The van der Waals surface area contributed by atoms with E-state index in [0.717, 1.165) is 12.8 Å². The van der Waals surface area contributed by atoms with Gasteiger partial charge in [-0.25, -0.2) is 0 Å². The van der Waals surface area contributed by atoms with Crippen LogP contribution in [-0.2, 0) is 5.41 Å². The molecule has 0 radical (unpaired) electrons. The highest BCUT2D eigenvalue weighted by atomic mass is 14.4. The van der Waals surface area contributed by atoms with Gasteiger partial charge >= 0.3 is 0 Å². The molecule has 1 aromatic rings. The maximum atomic E-state index is 4.43. The van der Waals surface area contributed by atoms with Crippen LogP contribution >= 0.6 is 0 Å². The highest BCUT2D eigenvalue weighted by Gasteiger charge is 2.40. The van der Waals surface area contributed by atoms with Crippen LogP contribution in [0.25, 0.3) is 0 Å². The van der Waals surface area contributed by atoms with Gasteiger partial charge in [0.1, 0.15) is 0 Å². The van der Waals surface area contributed by atoms with E-state index in [1.165, 1.54) is 41.5 Å². The highest BCUT2D eigenvalue weighted by molar-refractivity contribution is 5.39. The van der Waals surface area contributed by atoms with Crippen LogP contribution in [0.4, 0.5) is 0 Å². The van der Waals surface area contributed by atoms with Crippen LogP contribution in [-0.4, -0.2) is 0 Å². The average molecular weight is 254 g/mol. The first-order valence-electron chi connectivity index (χ1n) is 7.46. The molecule has 0 nitrogen and oxygen atoms in total.